The third kappa shape index (κ3) is 2.24. The molecule has 0 amide bonds. The normalized spacial score (nSPS) is 11.4. The summed E-state index contributed by atoms with van der Waals surface area (Å²) >= 11 is 0. The molecule has 5 heteroatoms. The second-order valence-electron chi connectivity index (χ2n) is 4.00. The molecule has 5 nitrogen and oxygen atoms in total. The zero-order valence-electron chi connectivity index (χ0n) is 8.60. The largest absolute Gasteiger partial charge is 0.502 e. The van der Waals surface area contributed by atoms with Crippen LogP contribution in [0.3, 0.4) is 0 Å². The predicted molar refractivity (Wildman–Crippen MR) is 54.9 cm³/mol. The Labute approximate surface area is 87.1 Å². The summed E-state index contributed by atoms with van der Waals surface area (Å²) in [6.07, 6.45) is 0. The summed E-state index contributed by atoms with van der Waals surface area (Å²) < 4.78 is 0. The molecule has 0 saturated heterocycles. The molecule has 82 valence electrons. The van der Waals surface area contributed by atoms with Crippen molar-refractivity contribution in [1.29, 1.82) is 0 Å². The van der Waals surface area contributed by atoms with Crippen molar-refractivity contribution in [2.45, 2.75) is 19.3 Å². The van der Waals surface area contributed by atoms with E-state index in [1.54, 1.807) is 19.9 Å². The SMILES string of the molecule is CC(C)(CO)c1ccc(O)c([N+](=O)[O-])c1. The van der Waals surface area contributed by atoms with E-state index in [-0.39, 0.29) is 18.0 Å². The highest BCUT2D eigenvalue weighted by molar-refractivity contribution is 5.49. The molecule has 1 aromatic carbocycles. The lowest BCUT2D eigenvalue weighted by Crippen LogP contribution is -2.21. The van der Waals surface area contributed by atoms with Crippen molar-refractivity contribution in [2.24, 2.45) is 0 Å². The maximum absolute atomic E-state index is 10.6. The van der Waals surface area contributed by atoms with Gasteiger partial charge in [0, 0.05) is 11.5 Å². The van der Waals surface area contributed by atoms with Crippen LogP contribution in [0.15, 0.2) is 18.2 Å². The number of phenolic OH excluding ortho intramolecular Hbond substituents is 1. The molecule has 1 rings (SSSR count). The van der Waals surface area contributed by atoms with Crippen LogP contribution in [0, 0.1) is 10.1 Å². The van der Waals surface area contributed by atoms with Crippen LogP contribution >= 0.6 is 0 Å². The van der Waals surface area contributed by atoms with Gasteiger partial charge in [-0.25, -0.2) is 0 Å². The summed E-state index contributed by atoms with van der Waals surface area (Å²) in [5.41, 5.74) is -0.276. The first-order valence-electron chi connectivity index (χ1n) is 4.47. The van der Waals surface area contributed by atoms with Crippen LogP contribution in [0.4, 0.5) is 5.69 Å². The second kappa shape index (κ2) is 3.86. The lowest BCUT2D eigenvalue weighted by atomic mass is 9.85. The van der Waals surface area contributed by atoms with Crippen molar-refractivity contribution in [2.75, 3.05) is 6.61 Å². The Hall–Kier alpha value is -1.62. The third-order valence-corrected chi connectivity index (χ3v) is 2.35. The smallest absolute Gasteiger partial charge is 0.310 e. The van der Waals surface area contributed by atoms with Crippen LogP contribution in [0.25, 0.3) is 0 Å². The number of nitrogens with zero attached hydrogens (tertiary/aromatic N) is 1. The molecule has 0 aliphatic carbocycles. The van der Waals surface area contributed by atoms with Crippen molar-refractivity contribution >= 4 is 5.69 Å². The van der Waals surface area contributed by atoms with E-state index in [9.17, 15) is 15.2 Å². The maximum atomic E-state index is 10.6. The van der Waals surface area contributed by atoms with Gasteiger partial charge >= 0.3 is 5.69 Å². The minimum Gasteiger partial charge on any atom is -0.502 e. The van der Waals surface area contributed by atoms with E-state index in [0.29, 0.717) is 5.56 Å². The number of aromatic hydroxyl groups is 1. The Bertz CT molecular complexity index is 387. The zero-order valence-corrected chi connectivity index (χ0v) is 8.60. The summed E-state index contributed by atoms with van der Waals surface area (Å²) in [6, 6.07) is 4.12. The standard InChI is InChI=1S/C10H13NO4/c1-10(2,6-12)7-3-4-9(13)8(5-7)11(14)15/h3-5,12-13H,6H2,1-2H3. The van der Waals surface area contributed by atoms with Crippen LogP contribution in [-0.4, -0.2) is 21.7 Å². The first-order valence-corrected chi connectivity index (χ1v) is 4.47. The van der Waals surface area contributed by atoms with Crippen molar-refractivity contribution in [1.82, 2.24) is 0 Å². The van der Waals surface area contributed by atoms with Crippen molar-refractivity contribution < 1.29 is 15.1 Å². The molecule has 0 bridgehead atoms. The molecule has 15 heavy (non-hydrogen) atoms. The molecule has 0 aromatic heterocycles. The highest BCUT2D eigenvalue weighted by atomic mass is 16.6. The number of aliphatic hydroxyl groups is 1. The fourth-order valence-corrected chi connectivity index (χ4v) is 1.18. The average molecular weight is 211 g/mol. The van der Waals surface area contributed by atoms with Gasteiger partial charge < -0.3 is 10.2 Å². The number of phenols is 1. The van der Waals surface area contributed by atoms with Gasteiger partial charge in [-0.05, 0) is 11.6 Å². The Morgan fingerprint density at radius 3 is 2.53 bits per heavy atom. The molecule has 0 unspecified atom stereocenters. The molecule has 0 saturated carbocycles. The van der Waals surface area contributed by atoms with Gasteiger partial charge in [0.25, 0.3) is 0 Å². The summed E-state index contributed by atoms with van der Waals surface area (Å²) in [5.74, 6) is -0.363. The second-order valence-corrected chi connectivity index (χ2v) is 4.00. The molecule has 0 aliphatic heterocycles. The van der Waals surface area contributed by atoms with Gasteiger partial charge in [0.2, 0.25) is 0 Å². The number of rotatable bonds is 3. The lowest BCUT2D eigenvalue weighted by Gasteiger charge is -2.21. The molecule has 1 aromatic rings. The van der Waals surface area contributed by atoms with Crippen LogP contribution in [-0.2, 0) is 5.41 Å². The van der Waals surface area contributed by atoms with Crippen LogP contribution < -0.4 is 0 Å². The number of nitro benzene ring substituents is 1. The molecule has 0 heterocycles. The first-order chi connectivity index (χ1) is 6.88. The molecule has 0 aliphatic rings. The summed E-state index contributed by atoms with van der Waals surface area (Å²) in [7, 11) is 0. The predicted octanol–water partition coefficient (Wildman–Crippen LogP) is 1.57. The van der Waals surface area contributed by atoms with E-state index in [1.165, 1.54) is 12.1 Å². The Balaban J connectivity index is 3.25. The van der Waals surface area contributed by atoms with Crippen molar-refractivity contribution in [3.63, 3.8) is 0 Å². The summed E-state index contributed by atoms with van der Waals surface area (Å²) in [6.45, 7) is 3.42. The van der Waals surface area contributed by atoms with Crippen molar-refractivity contribution in [3.8, 4) is 5.75 Å². The van der Waals surface area contributed by atoms with Crippen molar-refractivity contribution in [3.05, 3.63) is 33.9 Å². The fourth-order valence-electron chi connectivity index (χ4n) is 1.18. The van der Waals surface area contributed by atoms with E-state index in [0.717, 1.165) is 0 Å². The van der Waals surface area contributed by atoms with Crippen LogP contribution in [0.1, 0.15) is 19.4 Å². The molecule has 0 spiro atoms. The van der Waals surface area contributed by atoms with E-state index in [2.05, 4.69) is 0 Å². The van der Waals surface area contributed by atoms with Gasteiger partial charge in [0.1, 0.15) is 0 Å². The highest BCUT2D eigenvalue weighted by Gasteiger charge is 2.23. The van der Waals surface area contributed by atoms with Crippen LogP contribution in [0.2, 0.25) is 0 Å². The van der Waals surface area contributed by atoms with Gasteiger partial charge in [0.15, 0.2) is 5.75 Å². The average Bonchev–Trinajstić information content (AvgIpc) is 2.17. The molecule has 0 fully saturated rings. The minimum atomic E-state index is -0.647. The highest BCUT2D eigenvalue weighted by Crippen LogP contribution is 2.31. The van der Waals surface area contributed by atoms with E-state index in [4.69, 9.17) is 5.11 Å². The Morgan fingerprint density at radius 1 is 1.47 bits per heavy atom. The molecular formula is C10H13NO4. The fraction of sp³-hybridized carbons (Fsp3) is 0.400. The number of hydrogen-bond donors (Lipinski definition) is 2. The molecule has 0 radical (unpaired) electrons. The molecule has 0 atom stereocenters. The number of hydrogen-bond acceptors (Lipinski definition) is 4. The maximum Gasteiger partial charge on any atom is 0.310 e. The van der Waals surface area contributed by atoms with Gasteiger partial charge in [-0.1, -0.05) is 19.9 Å². The molecule has 2 N–H and O–H groups in total. The summed E-state index contributed by atoms with van der Waals surface area (Å²) in [4.78, 5) is 9.93. The van der Waals surface area contributed by atoms with Gasteiger partial charge in [-0.2, -0.15) is 0 Å². The number of nitro groups is 1. The lowest BCUT2D eigenvalue weighted by molar-refractivity contribution is -0.386. The van der Waals surface area contributed by atoms with Gasteiger partial charge in [-0.15, -0.1) is 0 Å². The summed E-state index contributed by atoms with van der Waals surface area (Å²) in [5, 5.41) is 28.9. The quantitative estimate of drug-likeness (QED) is 0.587. The van der Waals surface area contributed by atoms with E-state index in [1.807, 2.05) is 0 Å². The Kier molecular flexibility index (Phi) is 2.95. The van der Waals surface area contributed by atoms with E-state index >= 15 is 0 Å². The zero-order chi connectivity index (χ0) is 11.6. The van der Waals surface area contributed by atoms with Gasteiger partial charge in [0.05, 0.1) is 11.5 Å². The molecular weight excluding hydrogens is 198 g/mol. The monoisotopic (exact) mass is 211 g/mol. The minimum absolute atomic E-state index is 0.116. The van der Waals surface area contributed by atoms with Gasteiger partial charge in [-0.3, -0.25) is 10.1 Å². The first kappa shape index (κ1) is 11.5. The number of aliphatic hydroxyl groups excluding tert-OH is 1. The van der Waals surface area contributed by atoms with Crippen LogP contribution in [0.5, 0.6) is 5.75 Å². The topological polar surface area (TPSA) is 83.6 Å². The van der Waals surface area contributed by atoms with E-state index < -0.39 is 10.3 Å². The Morgan fingerprint density at radius 2 is 2.07 bits per heavy atom. The number of benzene rings is 1. The third-order valence-electron chi connectivity index (χ3n) is 2.35.